The molecule has 13 heavy (non-hydrogen) atoms. The zero-order valence-electron chi connectivity index (χ0n) is 8.55. The van der Waals surface area contributed by atoms with Crippen molar-refractivity contribution < 1.29 is 4.79 Å². The van der Waals surface area contributed by atoms with E-state index in [2.05, 4.69) is 26.5 Å². The Hall–Kier alpha value is -0.180. The van der Waals surface area contributed by atoms with Crippen LogP contribution in [0.25, 0.3) is 0 Å². The molecule has 1 aliphatic rings. The molecule has 1 fully saturated rings. The third-order valence-corrected chi connectivity index (χ3v) is 3.00. The number of nitrogens with zero attached hydrogens (tertiary/aromatic N) is 1. The van der Waals surface area contributed by atoms with E-state index in [4.69, 9.17) is 0 Å². The summed E-state index contributed by atoms with van der Waals surface area (Å²) in [5, 5.41) is 0. The fourth-order valence-corrected chi connectivity index (χ4v) is 1.89. The average Bonchev–Trinajstić information content (AvgIpc) is 2.18. The van der Waals surface area contributed by atoms with E-state index in [1.807, 2.05) is 4.90 Å². The largest absolute Gasteiger partial charge is 0.342 e. The summed E-state index contributed by atoms with van der Waals surface area (Å²) < 4.78 is 0. The fourth-order valence-electron chi connectivity index (χ4n) is 1.65. The predicted octanol–water partition coefficient (Wildman–Crippen LogP) is 1.95. The maximum absolute atomic E-state index is 11.6. The molecule has 1 rings (SSSR count). The molecule has 0 N–H and O–H groups in total. The van der Waals surface area contributed by atoms with E-state index in [1.54, 1.807) is 0 Å². The molecule has 1 heterocycles. The molecular weight excluding hydrogens is 182 g/mol. The molecule has 0 aliphatic carbocycles. The molecule has 0 saturated carbocycles. The first-order chi connectivity index (χ1) is 6.05. The molecular formula is C10H19NOS. The average molecular weight is 201 g/mol. The first kappa shape index (κ1) is 10.9. The smallest absolute Gasteiger partial charge is 0.222 e. The highest BCUT2D eigenvalue weighted by Gasteiger charge is 2.26. The van der Waals surface area contributed by atoms with Gasteiger partial charge in [-0.2, -0.15) is 12.6 Å². The van der Waals surface area contributed by atoms with Gasteiger partial charge in [-0.1, -0.05) is 13.8 Å². The van der Waals surface area contributed by atoms with Crippen molar-refractivity contribution in [2.75, 3.05) is 18.8 Å². The molecule has 1 saturated heterocycles. The maximum Gasteiger partial charge on any atom is 0.222 e. The van der Waals surface area contributed by atoms with Crippen molar-refractivity contribution >= 4 is 18.5 Å². The van der Waals surface area contributed by atoms with Crippen LogP contribution in [0.4, 0.5) is 0 Å². The number of rotatable bonds is 2. The number of hydrogen-bond acceptors (Lipinski definition) is 2. The Balaban J connectivity index is 2.54. The molecule has 0 radical (unpaired) electrons. The van der Waals surface area contributed by atoms with Crippen LogP contribution in [0, 0.1) is 5.41 Å². The van der Waals surface area contributed by atoms with Crippen molar-refractivity contribution in [1.29, 1.82) is 0 Å². The standard InChI is InChI=1S/C10H19NOS/c1-10(2)4-3-9(12)11(6-5-10)7-8-13/h13H,3-8H2,1-2H3. The van der Waals surface area contributed by atoms with E-state index >= 15 is 0 Å². The van der Waals surface area contributed by atoms with Gasteiger partial charge in [0.2, 0.25) is 5.91 Å². The number of carbonyl (C=O) groups excluding carboxylic acids is 1. The maximum atomic E-state index is 11.6. The molecule has 1 amide bonds. The lowest BCUT2D eigenvalue weighted by Gasteiger charge is -2.22. The van der Waals surface area contributed by atoms with Crippen LogP contribution in [0.2, 0.25) is 0 Å². The lowest BCUT2D eigenvalue weighted by molar-refractivity contribution is -0.130. The summed E-state index contributed by atoms with van der Waals surface area (Å²) in [4.78, 5) is 13.5. The molecule has 0 aromatic rings. The minimum atomic E-state index is 0.305. The van der Waals surface area contributed by atoms with Crippen LogP contribution in [0.1, 0.15) is 33.1 Å². The van der Waals surface area contributed by atoms with Gasteiger partial charge < -0.3 is 4.90 Å². The summed E-state index contributed by atoms with van der Waals surface area (Å²) in [6.07, 6.45) is 2.85. The first-order valence-corrected chi connectivity index (χ1v) is 5.57. The summed E-state index contributed by atoms with van der Waals surface area (Å²) in [5.41, 5.74) is 0.334. The van der Waals surface area contributed by atoms with Gasteiger partial charge in [-0.3, -0.25) is 4.79 Å². The highest BCUT2D eigenvalue weighted by Crippen LogP contribution is 2.30. The van der Waals surface area contributed by atoms with Crippen LogP contribution >= 0.6 is 12.6 Å². The highest BCUT2D eigenvalue weighted by atomic mass is 32.1. The second-order valence-corrected chi connectivity index (χ2v) is 4.97. The normalized spacial score (nSPS) is 23.0. The van der Waals surface area contributed by atoms with Crippen molar-refractivity contribution in [2.45, 2.75) is 33.1 Å². The molecule has 0 atom stereocenters. The molecule has 76 valence electrons. The van der Waals surface area contributed by atoms with E-state index in [1.165, 1.54) is 0 Å². The number of hydrogen-bond donors (Lipinski definition) is 1. The van der Waals surface area contributed by atoms with Crippen molar-refractivity contribution in [3.8, 4) is 0 Å². The van der Waals surface area contributed by atoms with Crippen LogP contribution in [0.5, 0.6) is 0 Å². The Morgan fingerprint density at radius 3 is 2.77 bits per heavy atom. The van der Waals surface area contributed by atoms with Gasteiger partial charge in [0, 0.05) is 25.3 Å². The number of likely N-dealkylation sites (tertiary alicyclic amines) is 1. The van der Waals surface area contributed by atoms with Gasteiger partial charge in [-0.15, -0.1) is 0 Å². The molecule has 3 heteroatoms. The van der Waals surface area contributed by atoms with Gasteiger partial charge in [0.1, 0.15) is 0 Å². The molecule has 2 nitrogen and oxygen atoms in total. The molecule has 1 aliphatic heterocycles. The van der Waals surface area contributed by atoms with Crippen molar-refractivity contribution in [1.82, 2.24) is 4.90 Å². The molecule has 0 bridgehead atoms. The summed E-state index contributed by atoms with van der Waals surface area (Å²) in [6.45, 7) is 6.19. The highest BCUT2D eigenvalue weighted by molar-refractivity contribution is 7.80. The summed E-state index contributed by atoms with van der Waals surface area (Å²) >= 11 is 4.16. The van der Waals surface area contributed by atoms with E-state index in [0.29, 0.717) is 17.7 Å². The molecule has 0 spiro atoms. The minimum absolute atomic E-state index is 0.305. The van der Waals surface area contributed by atoms with E-state index in [9.17, 15) is 4.79 Å². The second kappa shape index (κ2) is 4.36. The quantitative estimate of drug-likeness (QED) is 0.677. The Bertz CT molecular complexity index is 191. The van der Waals surface area contributed by atoms with Gasteiger partial charge in [0.05, 0.1) is 0 Å². The summed E-state index contributed by atoms with van der Waals surface area (Å²) in [6, 6.07) is 0. The summed E-state index contributed by atoms with van der Waals surface area (Å²) in [5.74, 6) is 1.08. The van der Waals surface area contributed by atoms with Crippen LogP contribution < -0.4 is 0 Å². The van der Waals surface area contributed by atoms with Crippen molar-refractivity contribution in [2.24, 2.45) is 5.41 Å². The van der Waals surface area contributed by atoms with Crippen LogP contribution in [0.15, 0.2) is 0 Å². The lowest BCUT2D eigenvalue weighted by Crippen LogP contribution is -2.32. The zero-order valence-corrected chi connectivity index (χ0v) is 9.44. The van der Waals surface area contributed by atoms with Gasteiger partial charge >= 0.3 is 0 Å². The Morgan fingerprint density at radius 2 is 2.15 bits per heavy atom. The van der Waals surface area contributed by atoms with Gasteiger partial charge in [-0.25, -0.2) is 0 Å². The zero-order chi connectivity index (χ0) is 9.90. The van der Waals surface area contributed by atoms with E-state index in [0.717, 1.165) is 31.7 Å². The lowest BCUT2D eigenvalue weighted by atomic mass is 9.85. The van der Waals surface area contributed by atoms with Crippen LogP contribution in [0.3, 0.4) is 0 Å². The van der Waals surface area contributed by atoms with Crippen LogP contribution in [-0.4, -0.2) is 29.6 Å². The van der Waals surface area contributed by atoms with Gasteiger partial charge in [-0.05, 0) is 18.3 Å². The van der Waals surface area contributed by atoms with E-state index < -0.39 is 0 Å². The first-order valence-electron chi connectivity index (χ1n) is 4.94. The Morgan fingerprint density at radius 1 is 1.46 bits per heavy atom. The van der Waals surface area contributed by atoms with Crippen LogP contribution in [-0.2, 0) is 4.79 Å². The third-order valence-electron chi connectivity index (χ3n) is 2.80. The Labute approximate surface area is 86.1 Å². The Kier molecular flexibility index (Phi) is 3.65. The third kappa shape index (κ3) is 3.22. The predicted molar refractivity (Wildman–Crippen MR) is 58.1 cm³/mol. The van der Waals surface area contributed by atoms with Gasteiger partial charge in [0.25, 0.3) is 0 Å². The summed E-state index contributed by atoms with van der Waals surface area (Å²) in [7, 11) is 0. The molecule has 0 aromatic carbocycles. The fraction of sp³-hybridized carbons (Fsp3) is 0.900. The van der Waals surface area contributed by atoms with E-state index in [-0.39, 0.29) is 0 Å². The SMILES string of the molecule is CC1(C)CCC(=O)N(CCS)CC1. The second-order valence-electron chi connectivity index (χ2n) is 4.52. The topological polar surface area (TPSA) is 20.3 Å². The number of amides is 1. The molecule has 0 aromatic heterocycles. The monoisotopic (exact) mass is 201 g/mol. The molecule has 0 unspecified atom stereocenters. The van der Waals surface area contributed by atoms with Crippen molar-refractivity contribution in [3.63, 3.8) is 0 Å². The number of carbonyl (C=O) groups is 1. The number of thiol groups is 1. The van der Waals surface area contributed by atoms with Crippen molar-refractivity contribution in [3.05, 3.63) is 0 Å². The van der Waals surface area contributed by atoms with Gasteiger partial charge in [0.15, 0.2) is 0 Å². The minimum Gasteiger partial charge on any atom is -0.342 e.